The van der Waals surface area contributed by atoms with E-state index < -0.39 is 30.2 Å². The number of carbonyl (C=O) groups is 4. The van der Waals surface area contributed by atoms with Crippen molar-refractivity contribution in [2.75, 3.05) is 18.5 Å². The largest absolute Gasteiger partial charge is 0.462 e. The van der Waals surface area contributed by atoms with Crippen molar-refractivity contribution < 1.29 is 23.9 Å². The van der Waals surface area contributed by atoms with Crippen LogP contribution in [0.2, 0.25) is 0 Å². The molecule has 0 radical (unpaired) electrons. The van der Waals surface area contributed by atoms with Crippen molar-refractivity contribution in [1.82, 2.24) is 4.90 Å². The van der Waals surface area contributed by atoms with E-state index in [9.17, 15) is 19.2 Å². The Kier molecular flexibility index (Phi) is 5.01. The number of fused-ring (bicyclic) bond motifs is 1. The predicted octanol–water partition coefficient (Wildman–Crippen LogP) is 3.80. The number of ether oxygens (including phenoxy) is 1. The summed E-state index contributed by atoms with van der Waals surface area (Å²) in [4.78, 5) is 53.5. The lowest BCUT2D eigenvalue weighted by Gasteiger charge is -2.26. The molecular weight excluding hydrogens is 428 g/mol. The van der Waals surface area contributed by atoms with Crippen LogP contribution in [0, 0.1) is 0 Å². The molecule has 7 nitrogen and oxygen atoms in total. The Hall–Kier alpha value is -3.52. The lowest BCUT2D eigenvalue weighted by Crippen LogP contribution is -2.44. The Labute approximate surface area is 188 Å². The van der Waals surface area contributed by atoms with Crippen LogP contribution in [-0.2, 0) is 22.4 Å². The zero-order valence-corrected chi connectivity index (χ0v) is 18.2. The quantitative estimate of drug-likeness (QED) is 0.473. The highest BCUT2D eigenvalue weighted by Crippen LogP contribution is 2.39. The highest BCUT2D eigenvalue weighted by atomic mass is 32.1. The molecule has 2 aromatic carbocycles. The monoisotopic (exact) mass is 448 g/mol. The Morgan fingerprint density at radius 2 is 1.75 bits per heavy atom. The van der Waals surface area contributed by atoms with Gasteiger partial charge in [0.15, 0.2) is 0 Å². The second kappa shape index (κ2) is 7.87. The third-order valence-electron chi connectivity index (χ3n) is 5.81. The van der Waals surface area contributed by atoms with Crippen LogP contribution in [0.15, 0.2) is 36.4 Å². The van der Waals surface area contributed by atoms with Crippen molar-refractivity contribution in [1.29, 1.82) is 0 Å². The molecule has 0 bridgehead atoms. The van der Waals surface area contributed by atoms with E-state index in [-0.39, 0.29) is 6.61 Å². The van der Waals surface area contributed by atoms with E-state index >= 15 is 0 Å². The van der Waals surface area contributed by atoms with Gasteiger partial charge in [0.1, 0.15) is 11.5 Å². The van der Waals surface area contributed by atoms with Crippen LogP contribution < -0.4 is 5.32 Å². The minimum absolute atomic E-state index is 0.235. The first-order valence-corrected chi connectivity index (χ1v) is 11.3. The van der Waals surface area contributed by atoms with Crippen LogP contribution in [0.3, 0.4) is 0 Å². The van der Waals surface area contributed by atoms with Crippen LogP contribution in [0.1, 0.15) is 54.9 Å². The van der Waals surface area contributed by atoms with Crippen molar-refractivity contribution in [3.8, 4) is 0 Å². The maximum absolute atomic E-state index is 13.0. The molecule has 1 aromatic heterocycles. The molecule has 32 heavy (non-hydrogen) atoms. The van der Waals surface area contributed by atoms with Crippen LogP contribution in [0.4, 0.5) is 5.00 Å². The second-order valence-corrected chi connectivity index (χ2v) is 8.84. The predicted molar refractivity (Wildman–Crippen MR) is 120 cm³/mol. The summed E-state index contributed by atoms with van der Waals surface area (Å²) in [6, 6.07) is 10.5. The molecule has 5 rings (SSSR count). The van der Waals surface area contributed by atoms with Gasteiger partial charge in [-0.1, -0.05) is 24.3 Å². The molecule has 0 saturated heterocycles. The summed E-state index contributed by atoms with van der Waals surface area (Å²) in [5.41, 5.74) is 2.11. The minimum atomic E-state index is -0.538. The standard InChI is InChI=1S/C24H20N2O5S/c1-2-31-24(30)20-14-8-5-11-17(14)32-21(20)25-18(27)12-26-22(28)15-9-3-6-13-7-4-10-16(19(13)15)23(26)29/h3-4,6-7,9-10H,2,5,8,11-12H2,1H3,(H,25,27). The molecule has 1 aliphatic heterocycles. The molecule has 8 heteroatoms. The number of hydrogen-bond donors (Lipinski definition) is 1. The third kappa shape index (κ3) is 3.18. The number of thiophene rings is 1. The molecule has 1 N–H and O–H groups in total. The molecular formula is C24H20N2O5S. The Balaban J connectivity index is 1.42. The summed E-state index contributed by atoms with van der Waals surface area (Å²) < 4.78 is 5.19. The van der Waals surface area contributed by atoms with Gasteiger partial charge in [-0.2, -0.15) is 0 Å². The van der Waals surface area contributed by atoms with Gasteiger partial charge in [0, 0.05) is 21.4 Å². The average molecular weight is 449 g/mol. The van der Waals surface area contributed by atoms with Gasteiger partial charge < -0.3 is 10.1 Å². The van der Waals surface area contributed by atoms with Gasteiger partial charge in [-0.25, -0.2) is 4.79 Å². The fourth-order valence-electron chi connectivity index (χ4n) is 4.45. The van der Waals surface area contributed by atoms with E-state index in [0.717, 1.165) is 40.0 Å². The van der Waals surface area contributed by atoms with E-state index in [1.807, 2.05) is 12.1 Å². The van der Waals surface area contributed by atoms with Gasteiger partial charge in [0.25, 0.3) is 11.8 Å². The van der Waals surface area contributed by atoms with E-state index in [2.05, 4.69) is 5.32 Å². The number of nitrogens with zero attached hydrogens (tertiary/aromatic N) is 1. The molecule has 162 valence electrons. The number of rotatable bonds is 5. The third-order valence-corrected chi connectivity index (χ3v) is 7.02. The highest BCUT2D eigenvalue weighted by Gasteiger charge is 2.35. The number of amides is 3. The highest BCUT2D eigenvalue weighted by molar-refractivity contribution is 7.17. The Bertz CT molecular complexity index is 1260. The van der Waals surface area contributed by atoms with Gasteiger partial charge in [-0.3, -0.25) is 19.3 Å². The number of aryl methyl sites for hydroxylation is 1. The molecule has 1 aliphatic carbocycles. The fourth-order valence-corrected chi connectivity index (χ4v) is 5.74. The summed E-state index contributed by atoms with van der Waals surface area (Å²) >= 11 is 1.36. The molecule has 3 amide bonds. The summed E-state index contributed by atoms with van der Waals surface area (Å²) in [6.07, 6.45) is 2.58. The molecule has 3 aromatic rings. The molecule has 0 unspecified atom stereocenters. The smallest absolute Gasteiger partial charge is 0.341 e. The van der Waals surface area contributed by atoms with E-state index in [1.54, 1.807) is 31.2 Å². The molecule has 0 saturated carbocycles. The SMILES string of the molecule is CCOC(=O)c1c(NC(=O)CN2C(=O)c3cccc4cccc(c34)C2=O)sc2c1CCC2. The fraction of sp³-hybridized carbons (Fsp3) is 0.250. The summed E-state index contributed by atoms with van der Waals surface area (Å²) in [7, 11) is 0. The molecule has 2 aliphatic rings. The van der Waals surface area contributed by atoms with Gasteiger partial charge in [-0.05, 0) is 49.3 Å². The molecule has 2 heterocycles. The van der Waals surface area contributed by atoms with Gasteiger partial charge in [0.2, 0.25) is 5.91 Å². The number of hydrogen-bond acceptors (Lipinski definition) is 6. The first-order valence-electron chi connectivity index (χ1n) is 10.5. The van der Waals surface area contributed by atoms with Gasteiger partial charge in [0.05, 0.1) is 12.2 Å². The number of anilines is 1. The number of imide groups is 1. The van der Waals surface area contributed by atoms with Crippen molar-refractivity contribution in [2.45, 2.75) is 26.2 Å². The van der Waals surface area contributed by atoms with Crippen LogP contribution in [0.25, 0.3) is 10.8 Å². The van der Waals surface area contributed by atoms with Gasteiger partial charge in [-0.15, -0.1) is 11.3 Å². The molecule has 0 fully saturated rings. The number of esters is 1. The number of carbonyl (C=O) groups excluding carboxylic acids is 4. The Morgan fingerprint density at radius 1 is 1.06 bits per heavy atom. The van der Waals surface area contributed by atoms with E-state index in [4.69, 9.17) is 4.74 Å². The van der Waals surface area contributed by atoms with Crippen LogP contribution in [0.5, 0.6) is 0 Å². The van der Waals surface area contributed by atoms with Crippen LogP contribution >= 0.6 is 11.3 Å². The van der Waals surface area contributed by atoms with E-state index in [1.165, 1.54) is 11.3 Å². The summed E-state index contributed by atoms with van der Waals surface area (Å²) in [5.74, 6) is -2.01. The zero-order valence-electron chi connectivity index (χ0n) is 17.4. The Morgan fingerprint density at radius 3 is 2.41 bits per heavy atom. The molecule has 0 atom stereocenters. The van der Waals surface area contributed by atoms with Crippen molar-refractivity contribution in [2.24, 2.45) is 0 Å². The second-order valence-electron chi connectivity index (χ2n) is 7.74. The van der Waals surface area contributed by atoms with Crippen molar-refractivity contribution in [3.63, 3.8) is 0 Å². The number of nitrogens with one attached hydrogen (secondary N) is 1. The average Bonchev–Trinajstić information content (AvgIpc) is 3.35. The van der Waals surface area contributed by atoms with E-state index in [0.29, 0.717) is 27.1 Å². The lowest BCUT2D eigenvalue weighted by atomic mass is 9.94. The first-order chi connectivity index (χ1) is 15.5. The lowest BCUT2D eigenvalue weighted by molar-refractivity contribution is -0.116. The minimum Gasteiger partial charge on any atom is -0.462 e. The summed E-state index contributed by atoms with van der Waals surface area (Å²) in [5, 5.41) is 4.58. The maximum atomic E-state index is 13.0. The topological polar surface area (TPSA) is 92.8 Å². The maximum Gasteiger partial charge on any atom is 0.341 e. The normalized spacial score (nSPS) is 14.6. The van der Waals surface area contributed by atoms with Crippen LogP contribution in [-0.4, -0.2) is 41.7 Å². The van der Waals surface area contributed by atoms with Crippen molar-refractivity contribution in [3.05, 3.63) is 63.5 Å². The summed E-state index contributed by atoms with van der Waals surface area (Å²) in [6.45, 7) is 1.53. The van der Waals surface area contributed by atoms with Gasteiger partial charge >= 0.3 is 5.97 Å². The van der Waals surface area contributed by atoms with Crippen molar-refractivity contribution >= 4 is 50.8 Å². The first kappa shape index (κ1) is 20.4. The molecule has 0 spiro atoms. The number of benzene rings is 2. The zero-order chi connectivity index (χ0) is 22.4.